The maximum Gasteiger partial charge on any atom is 0.339 e. The summed E-state index contributed by atoms with van der Waals surface area (Å²) < 4.78 is 15.8. The van der Waals surface area contributed by atoms with Gasteiger partial charge in [-0.15, -0.1) is 0 Å². The van der Waals surface area contributed by atoms with Crippen molar-refractivity contribution in [2.45, 2.75) is 26.7 Å². The van der Waals surface area contributed by atoms with E-state index < -0.39 is 28.9 Å². The van der Waals surface area contributed by atoms with Crippen LogP contribution in [-0.2, 0) is 16.0 Å². The van der Waals surface area contributed by atoms with E-state index in [-0.39, 0.29) is 47.1 Å². The van der Waals surface area contributed by atoms with Gasteiger partial charge in [0.05, 0.1) is 16.6 Å². The van der Waals surface area contributed by atoms with Crippen LogP contribution in [0.5, 0.6) is 5.75 Å². The number of aryl methyl sites for hydroxylation is 1. The van der Waals surface area contributed by atoms with Gasteiger partial charge in [-0.3, -0.25) is 19.7 Å². The number of hydrogen-bond acceptors (Lipinski definition) is 8. The molecule has 10 heteroatoms. The minimum Gasteiger partial charge on any atom is -0.484 e. The van der Waals surface area contributed by atoms with Crippen LogP contribution in [0.15, 0.2) is 45.6 Å². The molecule has 0 saturated heterocycles. The van der Waals surface area contributed by atoms with Crippen LogP contribution in [0.3, 0.4) is 0 Å². The van der Waals surface area contributed by atoms with Gasteiger partial charge in [-0.05, 0) is 31.9 Å². The van der Waals surface area contributed by atoms with Gasteiger partial charge in [0.25, 0.3) is 5.69 Å². The third kappa shape index (κ3) is 5.56. The first-order chi connectivity index (χ1) is 15.7. The minimum atomic E-state index is -0.594. The molecular weight excluding hydrogens is 454 g/mol. The number of hydrogen-bond donors (Lipinski definition) is 0. The van der Waals surface area contributed by atoms with E-state index in [1.54, 1.807) is 19.9 Å². The Hall–Kier alpha value is -3.72. The SMILES string of the molecule is CCOC(=O)CCc1c(C)c2cc(Cl)c(OCC(=O)c3cccc([N+](=O)[O-])c3)cc2oc1=O. The fourth-order valence-electron chi connectivity index (χ4n) is 3.27. The number of non-ortho nitro benzene ring substituents is 1. The van der Waals surface area contributed by atoms with E-state index in [4.69, 9.17) is 25.5 Å². The number of ether oxygens (including phenoxy) is 2. The van der Waals surface area contributed by atoms with E-state index >= 15 is 0 Å². The van der Waals surface area contributed by atoms with Crippen LogP contribution in [0.1, 0.15) is 34.8 Å². The van der Waals surface area contributed by atoms with Crippen LogP contribution in [0.4, 0.5) is 5.69 Å². The first kappa shape index (κ1) is 23.9. The number of rotatable bonds is 9. The summed E-state index contributed by atoms with van der Waals surface area (Å²) in [5, 5.41) is 11.6. The third-order valence-corrected chi connectivity index (χ3v) is 5.26. The number of nitro benzene ring substituents is 1. The molecule has 2 aromatic carbocycles. The summed E-state index contributed by atoms with van der Waals surface area (Å²) >= 11 is 6.31. The number of esters is 1. The van der Waals surface area contributed by atoms with Gasteiger partial charge in [0.1, 0.15) is 11.3 Å². The molecule has 0 unspecified atom stereocenters. The van der Waals surface area contributed by atoms with Crippen molar-refractivity contribution in [1.29, 1.82) is 0 Å². The molecule has 0 amide bonds. The second-order valence-corrected chi connectivity index (χ2v) is 7.50. The number of fused-ring (bicyclic) bond motifs is 1. The summed E-state index contributed by atoms with van der Waals surface area (Å²) in [4.78, 5) is 46.8. The van der Waals surface area contributed by atoms with E-state index in [2.05, 4.69) is 0 Å². The molecule has 0 atom stereocenters. The highest BCUT2D eigenvalue weighted by Gasteiger charge is 2.17. The Morgan fingerprint density at radius 1 is 1.21 bits per heavy atom. The zero-order chi connectivity index (χ0) is 24.1. The predicted octanol–water partition coefficient (Wildman–Crippen LogP) is 4.42. The highest BCUT2D eigenvalue weighted by molar-refractivity contribution is 6.32. The van der Waals surface area contributed by atoms with Gasteiger partial charge in [0.15, 0.2) is 12.4 Å². The molecule has 1 heterocycles. The van der Waals surface area contributed by atoms with Crippen molar-refractivity contribution in [2.24, 2.45) is 0 Å². The van der Waals surface area contributed by atoms with Crippen LogP contribution in [0, 0.1) is 17.0 Å². The average molecular weight is 474 g/mol. The fraction of sp³-hybridized carbons (Fsp3) is 0.261. The van der Waals surface area contributed by atoms with Crippen LogP contribution in [0.25, 0.3) is 11.0 Å². The molecule has 0 radical (unpaired) electrons. The van der Waals surface area contributed by atoms with Crippen LogP contribution in [-0.4, -0.2) is 29.9 Å². The highest BCUT2D eigenvalue weighted by Crippen LogP contribution is 2.32. The Balaban J connectivity index is 1.82. The summed E-state index contributed by atoms with van der Waals surface area (Å²) in [7, 11) is 0. The van der Waals surface area contributed by atoms with Gasteiger partial charge in [0.2, 0.25) is 0 Å². The molecule has 33 heavy (non-hydrogen) atoms. The van der Waals surface area contributed by atoms with Crippen molar-refractivity contribution < 1.29 is 28.4 Å². The molecule has 0 aliphatic heterocycles. The monoisotopic (exact) mass is 473 g/mol. The van der Waals surface area contributed by atoms with Crippen LogP contribution < -0.4 is 10.4 Å². The summed E-state index contributed by atoms with van der Waals surface area (Å²) in [6, 6.07) is 8.25. The number of ketones is 1. The zero-order valence-corrected chi connectivity index (χ0v) is 18.6. The van der Waals surface area contributed by atoms with Crippen LogP contribution in [0.2, 0.25) is 5.02 Å². The zero-order valence-electron chi connectivity index (χ0n) is 17.9. The molecule has 0 aliphatic carbocycles. The number of Topliss-reactive ketones (excluding diaryl/α,β-unsaturated/α-hetero) is 1. The van der Waals surface area contributed by atoms with Gasteiger partial charge in [-0.1, -0.05) is 23.7 Å². The topological polar surface area (TPSA) is 126 Å². The lowest BCUT2D eigenvalue weighted by atomic mass is 10.0. The molecule has 3 aromatic rings. The molecule has 0 aliphatic rings. The summed E-state index contributed by atoms with van der Waals surface area (Å²) in [5.41, 5.74) is 0.493. The van der Waals surface area contributed by atoms with E-state index in [9.17, 15) is 24.5 Å². The normalized spacial score (nSPS) is 10.8. The van der Waals surface area contributed by atoms with Crippen molar-refractivity contribution >= 4 is 40.0 Å². The van der Waals surface area contributed by atoms with Crippen molar-refractivity contribution in [2.75, 3.05) is 13.2 Å². The van der Waals surface area contributed by atoms with Gasteiger partial charge in [-0.2, -0.15) is 0 Å². The Labute approximate surface area is 193 Å². The Morgan fingerprint density at radius 3 is 2.67 bits per heavy atom. The van der Waals surface area contributed by atoms with Gasteiger partial charge >= 0.3 is 11.6 Å². The maximum absolute atomic E-state index is 12.5. The van der Waals surface area contributed by atoms with Crippen molar-refractivity contribution in [3.05, 3.63) is 78.6 Å². The van der Waals surface area contributed by atoms with Gasteiger partial charge < -0.3 is 13.9 Å². The van der Waals surface area contributed by atoms with Gasteiger partial charge in [0, 0.05) is 41.1 Å². The Morgan fingerprint density at radius 2 is 1.97 bits per heavy atom. The number of nitro groups is 1. The third-order valence-electron chi connectivity index (χ3n) is 4.96. The number of halogens is 1. The highest BCUT2D eigenvalue weighted by atomic mass is 35.5. The molecule has 1 aromatic heterocycles. The largest absolute Gasteiger partial charge is 0.484 e. The average Bonchev–Trinajstić information content (AvgIpc) is 2.78. The molecule has 0 bridgehead atoms. The maximum atomic E-state index is 12.5. The quantitative estimate of drug-likeness (QED) is 0.147. The second-order valence-electron chi connectivity index (χ2n) is 7.10. The first-order valence-electron chi connectivity index (χ1n) is 10.0. The smallest absolute Gasteiger partial charge is 0.339 e. The van der Waals surface area contributed by atoms with E-state index in [0.29, 0.717) is 16.5 Å². The number of benzene rings is 2. The molecule has 0 spiro atoms. The van der Waals surface area contributed by atoms with Crippen molar-refractivity contribution in [3.63, 3.8) is 0 Å². The first-order valence-corrected chi connectivity index (χ1v) is 10.4. The van der Waals surface area contributed by atoms with Crippen molar-refractivity contribution in [3.8, 4) is 5.75 Å². The van der Waals surface area contributed by atoms with Crippen LogP contribution >= 0.6 is 11.6 Å². The number of carbonyl (C=O) groups is 2. The lowest BCUT2D eigenvalue weighted by molar-refractivity contribution is -0.384. The fourth-order valence-corrected chi connectivity index (χ4v) is 3.49. The molecule has 3 rings (SSSR count). The predicted molar refractivity (Wildman–Crippen MR) is 120 cm³/mol. The molecule has 0 N–H and O–H groups in total. The Kier molecular flexibility index (Phi) is 7.44. The second kappa shape index (κ2) is 10.3. The van der Waals surface area contributed by atoms with E-state index in [0.717, 1.165) is 6.07 Å². The van der Waals surface area contributed by atoms with E-state index in [1.165, 1.54) is 24.3 Å². The van der Waals surface area contributed by atoms with Gasteiger partial charge in [-0.25, -0.2) is 4.79 Å². The lowest BCUT2D eigenvalue weighted by Crippen LogP contribution is -2.14. The van der Waals surface area contributed by atoms with E-state index in [1.807, 2.05) is 0 Å². The molecule has 172 valence electrons. The Bertz CT molecular complexity index is 1300. The van der Waals surface area contributed by atoms with Crippen molar-refractivity contribution in [1.82, 2.24) is 0 Å². The standard InChI is InChI=1S/C23H20ClNO8/c1-3-31-22(27)8-7-16-13(2)17-10-18(24)21(11-20(17)33-23(16)28)32-12-19(26)14-5-4-6-15(9-14)25(29)30/h4-6,9-11H,3,7-8,12H2,1-2H3. The molecular formula is C23H20ClNO8. The minimum absolute atomic E-state index is 0.0413. The lowest BCUT2D eigenvalue weighted by Gasteiger charge is -2.11. The number of nitrogens with zero attached hydrogens (tertiary/aromatic N) is 1. The summed E-state index contributed by atoms with van der Waals surface area (Å²) in [6.07, 6.45) is 0.205. The molecule has 9 nitrogen and oxygen atoms in total. The molecule has 0 fully saturated rings. The number of carbonyl (C=O) groups excluding carboxylic acids is 2. The molecule has 0 saturated carbocycles. The summed E-state index contributed by atoms with van der Waals surface area (Å²) in [5.74, 6) is -0.779. The summed E-state index contributed by atoms with van der Waals surface area (Å²) in [6.45, 7) is 3.26.